The number of pyridine rings is 2. The van der Waals surface area contributed by atoms with Crippen molar-refractivity contribution >= 4 is 89.8 Å². The van der Waals surface area contributed by atoms with Crippen LogP contribution in [0, 0.1) is 34.5 Å². The van der Waals surface area contributed by atoms with Gasteiger partial charge in [0.05, 0.1) is 31.4 Å². The number of benzene rings is 2. The van der Waals surface area contributed by atoms with E-state index < -0.39 is 69.0 Å². The normalized spacial score (nSPS) is 13.0. The summed E-state index contributed by atoms with van der Waals surface area (Å²) in [6.45, 7) is 12.9. The number of hydrogen-bond acceptors (Lipinski definition) is 18. The minimum atomic E-state index is -4.46. The molecule has 2 aromatic heterocycles. The third kappa shape index (κ3) is 22.8. The van der Waals surface area contributed by atoms with Crippen LogP contribution in [0.2, 0.25) is 0 Å². The largest absolute Gasteiger partial charge is 0.443 e. The van der Waals surface area contributed by atoms with Crippen LogP contribution in [0.5, 0.6) is 0 Å². The maximum absolute atomic E-state index is 13.1. The number of rotatable bonds is 15. The molecule has 2 aromatic carbocycles. The highest BCUT2D eigenvalue weighted by Gasteiger charge is 2.30. The van der Waals surface area contributed by atoms with E-state index in [1.165, 1.54) is 23.1 Å². The van der Waals surface area contributed by atoms with E-state index in [0.29, 0.717) is 16.5 Å². The van der Waals surface area contributed by atoms with Crippen LogP contribution in [0.15, 0.2) is 60.9 Å². The molecule has 67 heavy (non-hydrogen) atoms. The van der Waals surface area contributed by atoms with Gasteiger partial charge in [0.15, 0.2) is 0 Å². The van der Waals surface area contributed by atoms with Gasteiger partial charge in [-0.25, -0.2) is 29.0 Å². The Kier molecular flexibility index (Phi) is 20.7. The molecule has 0 bridgehead atoms. The topological polar surface area (TPSA) is 308 Å². The Morgan fingerprint density at radius 2 is 1.15 bits per heavy atom. The summed E-state index contributed by atoms with van der Waals surface area (Å²) in [5.41, 5.74) is 0.263. The molecule has 368 valence electrons. The molecule has 2 amide bonds. The van der Waals surface area contributed by atoms with Crippen LogP contribution in [-0.4, -0.2) is 99.3 Å². The summed E-state index contributed by atoms with van der Waals surface area (Å²) in [5.74, 6) is -0.421. The molecule has 4 rings (SSSR count). The van der Waals surface area contributed by atoms with Crippen molar-refractivity contribution in [1.29, 1.82) is 10.5 Å². The summed E-state index contributed by atoms with van der Waals surface area (Å²) in [7, 11) is -10.9. The zero-order valence-corrected chi connectivity index (χ0v) is 42.4. The monoisotopic (exact) mass is 1030 g/mol. The molecule has 21 nitrogen and oxygen atoms in total. The van der Waals surface area contributed by atoms with Crippen molar-refractivity contribution in [2.75, 3.05) is 36.6 Å². The molecular weight excluding hydrogens is 978 g/mol. The van der Waals surface area contributed by atoms with E-state index >= 15 is 0 Å². The number of aryl methyl sites for hydroxylation is 1. The number of amides is 2. The van der Waals surface area contributed by atoms with Crippen molar-refractivity contribution in [3.63, 3.8) is 0 Å². The smallest absolute Gasteiger partial charge is 0.422 e. The Balaban J connectivity index is 0.000000388. The minimum absolute atomic E-state index is 0.150. The summed E-state index contributed by atoms with van der Waals surface area (Å²) in [5, 5.41) is 21.2. The SMILES string of the molecule is CC(C)(C)OC(=O)NS(=O)(=O)Cl.C[C@@H](CCc1ccc2c(C#N)nccc2c1)COS(C)(=O)=O.C[C@H](COS(C)(=O)=O)CN(c1ccc2c(C#N)nccc2c1)S(=O)(=O)NC(=O)OC(C)(C)C. The summed E-state index contributed by atoms with van der Waals surface area (Å²) in [4.78, 5) is 30.9. The van der Waals surface area contributed by atoms with Gasteiger partial charge in [0.25, 0.3) is 20.2 Å². The maximum Gasteiger partial charge on any atom is 0.422 e. The third-order valence-corrected chi connectivity index (χ3v) is 11.3. The van der Waals surface area contributed by atoms with E-state index in [-0.39, 0.29) is 37.1 Å². The second kappa shape index (κ2) is 24.0. The highest BCUT2D eigenvalue weighted by atomic mass is 35.7. The van der Waals surface area contributed by atoms with Crippen molar-refractivity contribution < 1.29 is 61.1 Å². The number of nitrogens with one attached hydrogen (secondary N) is 2. The first-order chi connectivity index (χ1) is 30.6. The molecule has 0 aliphatic rings. The fraction of sp³-hybridized carbons (Fsp3) is 0.463. The third-order valence-electron chi connectivity index (χ3n) is 8.12. The Hall–Kier alpha value is -5.41. The number of nitriles is 2. The second-order valence-corrected chi connectivity index (χ2v) is 24.1. The van der Waals surface area contributed by atoms with E-state index in [9.17, 15) is 48.5 Å². The summed E-state index contributed by atoms with van der Waals surface area (Å²) in [6, 6.07) is 18.0. The predicted molar refractivity (Wildman–Crippen MR) is 251 cm³/mol. The molecule has 0 unspecified atom stereocenters. The number of anilines is 1. The summed E-state index contributed by atoms with van der Waals surface area (Å²) in [6.07, 6.45) is 4.41. The number of ether oxygens (including phenoxy) is 2. The number of aromatic nitrogens is 2. The van der Waals surface area contributed by atoms with Crippen LogP contribution in [-0.2, 0) is 63.9 Å². The van der Waals surface area contributed by atoms with Gasteiger partial charge in [-0.3, -0.25) is 12.7 Å². The fourth-order valence-corrected chi connectivity index (χ4v) is 7.99. The minimum Gasteiger partial charge on any atom is -0.443 e. The highest BCUT2D eigenvalue weighted by molar-refractivity contribution is 8.12. The molecule has 0 aliphatic carbocycles. The van der Waals surface area contributed by atoms with E-state index in [0.717, 1.165) is 46.0 Å². The van der Waals surface area contributed by atoms with Crippen LogP contribution in [0.3, 0.4) is 0 Å². The van der Waals surface area contributed by atoms with Gasteiger partial charge < -0.3 is 9.47 Å². The van der Waals surface area contributed by atoms with Gasteiger partial charge >= 0.3 is 31.6 Å². The fourth-order valence-electron chi connectivity index (χ4n) is 5.39. The first-order valence-corrected chi connectivity index (χ1v) is 27.2. The van der Waals surface area contributed by atoms with Crippen LogP contribution in [0.25, 0.3) is 21.5 Å². The molecule has 0 radical (unpaired) electrons. The number of carbonyl (C=O) groups excluding carboxylic acids is 2. The Morgan fingerprint density at radius 1 is 0.701 bits per heavy atom. The average molecular weight is 1030 g/mol. The van der Waals surface area contributed by atoms with Gasteiger partial charge in [0.2, 0.25) is 0 Å². The first-order valence-electron chi connectivity index (χ1n) is 19.8. The zero-order chi connectivity index (χ0) is 51.2. The summed E-state index contributed by atoms with van der Waals surface area (Å²) < 4.78 is 115. The molecule has 2 N–H and O–H groups in total. The molecule has 2 atom stereocenters. The van der Waals surface area contributed by atoms with Crippen molar-refractivity contribution in [1.82, 2.24) is 19.4 Å². The molecule has 0 spiro atoms. The van der Waals surface area contributed by atoms with Crippen LogP contribution in [0.4, 0.5) is 15.3 Å². The Labute approximate surface area is 396 Å². The van der Waals surface area contributed by atoms with Crippen molar-refractivity contribution in [3.05, 3.63) is 77.9 Å². The average Bonchev–Trinajstić information content (AvgIpc) is 3.17. The van der Waals surface area contributed by atoms with E-state index in [4.69, 9.17) is 29.0 Å². The number of halogens is 1. The number of carbonyl (C=O) groups is 2. The molecule has 0 saturated heterocycles. The highest BCUT2D eigenvalue weighted by Crippen LogP contribution is 2.27. The standard InChI is InChI=1S/C20H26N4O7S2.C16H18N2O3S.C5H10ClNO4S/c1-14(13-30-32(5,26)27)12-24(33(28,29)23-19(25)31-20(2,3)4)16-6-7-17-15(10-16)8-9-22-18(17)11-21;1-12(11-21-22(2,19)20)3-4-13-5-6-15-14(9-13)7-8-18-16(15)10-17;1-5(2,3)11-4(8)7-12(6,9)10/h6-10,14H,12-13H2,1-5H3,(H,23,25);5-9,12H,3-4,11H2,1-2H3;1-3H3,(H,7,8)/t14-;12-;/m00./s1. The molecule has 0 aliphatic heterocycles. The Bertz CT molecular complexity index is 2930. The second-order valence-electron chi connectivity index (χ2n) is 16.9. The lowest BCUT2D eigenvalue weighted by Gasteiger charge is -2.28. The molecule has 4 aromatic rings. The zero-order valence-electron chi connectivity index (χ0n) is 38.4. The molecular formula is C41H54ClN7O14S4. The van der Waals surface area contributed by atoms with Crippen LogP contribution in [0.1, 0.15) is 78.8 Å². The number of hydrogen-bond donors (Lipinski definition) is 2. The van der Waals surface area contributed by atoms with Crippen molar-refractivity contribution in [3.8, 4) is 12.1 Å². The number of fused-ring (bicyclic) bond motifs is 2. The van der Waals surface area contributed by atoms with Crippen LogP contribution >= 0.6 is 10.7 Å². The van der Waals surface area contributed by atoms with Gasteiger partial charge in [0, 0.05) is 40.4 Å². The summed E-state index contributed by atoms with van der Waals surface area (Å²) >= 11 is 0. The Morgan fingerprint density at radius 3 is 1.60 bits per heavy atom. The van der Waals surface area contributed by atoms with Gasteiger partial charge in [-0.1, -0.05) is 32.0 Å². The predicted octanol–water partition coefficient (Wildman–Crippen LogP) is 5.94. The molecule has 2 heterocycles. The van der Waals surface area contributed by atoms with Gasteiger partial charge in [-0.05, 0) is 113 Å². The lowest BCUT2D eigenvalue weighted by Crippen LogP contribution is -2.47. The van der Waals surface area contributed by atoms with E-state index in [2.05, 4.69) is 20.8 Å². The molecule has 26 heteroatoms. The van der Waals surface area contributed by atoms with Gasteiger partial charge in [-0.15, -0.1) is 0 Å². The van der Waals surface area contributed by atoms with Crippen LogP contribution < -0.4 is 13.7 Å². The van der Waals surface area contributed by atoms with Gasteiger partial charge in [0.1, 0.15) is 34.7 Å². The first kappa shape index (κ1) is 57.7. The van der Waals surface area contributed by atoms with Crippen molar-refractivity contribution in [2.45, 2.75) is 79.4 Å². The lowest BCUT2D eigenvalue weighted by molar-refractivity contribution is 0.0558. The van der Waals surface area contributed by atoms with Gasteiger partial charge in [-0.2, -0.15) is 44.2 Å². The molecule has 0 fully saturated rings. The molecule has 0 saturated carbocycles. The van der Waals surface area contributed by atoms with E-state index in [1.54, 1.807) is 66.8 Å². The quantitative estimate of drug-likeness (QED) is 0.103. The lowest BCUT2D eigenvalue weighted by atomic mass is 9.99. The van der Waals surface area contributed by atoms with E-state index in [1.807, 2.05) is 42.0 Å². The maximum atomic E-state index is 13.1. The number of nitrogens with zero attached hydrogens (tertiary/aromatic N) is 5. The van der Waals surface area contributed by atoms with Crippen molar-refractivity contribution in [2.24, 2.45) is 11.8 Å².